The van der Waals surface area contributed by atoms with Crippen molar-refractivity contribution in [2.24, 2.45) is 11.3 Å². The number of oxazole rings is 1. The fraction of sp³-hybridized carbons (Fsp3) is 0.438. The number of allylic oxidation sites excluding steroid dienone is 2. The molecule has 1 aromatic heterocycles. The number of hydrogen-bond donors (Lipinski definition) is 0. The van der Waals surface area contributed by atoms with Gasteiger partial charge in [-0.25, -0.2) is 4.98 Å². The minimum atomic E-state index is 0.265. The van der Waals surface area contributed by atoms with Crippen molar-refractivity contribution in [2.75, 3.05) is 0 Å². The standard InChI is InChI=1S/C16H19NO/c1-11-8-9-12(16(11,2)3)10-15-17-13-6-4-5-7-14(13)18-15/h4-8,12H,9-10H2,1-3H3/t12-/m0/s1. The zero-order chi connectivity index (χ0) is 12.8. The molecule has 0 fully saturated rings. The number of fused-ring (bicyclic) bond motifs is 1. The monoisotopic (exact) mass is 241 g/mol. The number of aromatic nitrogens is 1. The first kappa shape index (κ1) is 11.5. The molecule has 2 nitrogen and oxygen atoms in total. The molecule has 2 aromatic rings. The molecule has 1 aliphatic rings. The van der Waals surface area contributed by atoms with Crippen LogP contribution in [0.1, 0.15) is 33.1 Å². The Hall–Kier alpha value is -1.57. The molecule has 0 amide bonds. The molecule has 0 radical (unpaired) electrons. The fourth-order valence-electron chi connectivity index (χ4n) is 2.76. The van der Waals surface area contributed by atoms with Gasteiger partial charge in [-0.3, -0.25) is 0 Å². The smallest absolute Gasteiger partial charge is 0.195 e. The topological polar surface area (TPSA) is 26.0 Å². The molecule has 1 heterocycles. The molecule has 1 aromatic carbocycles. The van der Waals surface area contributed by atoms with Crippen LogP contribution in [-0.4, -0.2) is 4.98 Å². The zero-order valence-electron chi connectivity index (χ0n) is 11.2. The molecule has 2 heteroatoms. The summed E-state index contributed by atoms with van der Waals surface area (Å²) in [5.74, 6) is 1.47. The summed E-state index contributed by atoms with van der Waals surface area (Å²) in [5.41, 5.74) is 3.62. The molecule has 1 aliphatic carbocycles. The minimum absolute atomic E-state index is 0.265. The Labute approximate surface area is 108 Å². The van der Waals surface area contributed by atoms with Gasteiger partial charge in [0.25, 0.3) is 0 Å². The van der Waals surface area contributed by atoms with Crippen molar-refractivity contribution in [3.8, 4) is 0 Å². The van der Waals surface area contributed by atoms with Gasteiger partial charge in [0.05, 0.1) is 0 Å². The van der Waals surface area contributed by atoms with E-state index in [1.165, 1.54) is 5.57 Å². The van der Waals surface area contributed by atoms with Crippen LogP contribution in [0, 0.1) is 11.3 Å². The first-order valence-electron chi connectivity index (χ1n) is 6.59. The third kappa shape index (κ3) is 1.76. The van der Waals surface area contributed by atoms with Gasteiger partial charge in [-0.05, 0) is 36.8 Å². The van der Waals surface area contributed by atoms with Gasteiger partial charge in [0.15, 0.2) is 11.5 Å². The van der Waals surface area contributed by atoms with E-state index in [2.05, 4.69) is 31.8 Å². The fourth-order valence-corrected chi connectivity index (χ4v) is 2.76. The Kier molecular flexibility index (Phi) is 2.54. The van der Waals surface area contributed by atoms with Crippen LogP contribution in [0.3, 0.4) is 0 Å². The van der Waals surface area contributed by atoms with Gasteiger partial charge in [-0.15, -0.1) is 0 Å². The van der Waals surface area contributed by atoms with Crippen LogP contribution in [0.15, 0.2) is 40.3 Å². The first-order valence-corrected chi connectivity index (χ1v) is 6.59. The molecule has 18 heavy (non-hydrogen) atoms. The maximum atomic E-state index is 5.82. The Balaban J connectivity index is 1.85. The normalized spacial score (nSPS) is 22.4. The Morgan fingerprint density at radius 1 is 1.33 bits per heavy atom. The number of benzene rings is 1. The quantitative estimate of drug-likeness (QED) is 0.730. The predicted octanol–water partition coefficient (Wildman–Crippen LogP) is 4.36. The van der Waals surface area contributed by atoms with E-state index >= 15 is 0 Å². The van der Waals surface area contributed by atoms with Crippen LogP contribution in [0.25, 0.3) is 11.1 Å². The highest BCUT2D eigenvalue weighted by atomic mass is 16.3. The van der Waals surface area contributed by atoms with Gasteiger partial charge in [0.2, 0.25) is 0 Å². The molecule has 0 saturated heterocycles. The summed E-state index contributed by atoms with van der Waals surface area (Å²) in [6.45, 7) is 6.87. The van der Waals surface area contributed by atoms with Crippen LogP contribution >= 0.6 is 0 Å². The summed E-state index contributed by atoms with van der Waals surface area (Å²) in [6, 6.07) is 7.98. The van der Waals surface area contributed by atoms with Crippen LogP contribution < -0.4 is 0 Å². The van der Waals surface area contributed by atoms with E-state index in [0.29, 0.717) is 5.92 Å². The second-order valence-corrected chi connectivity index (χ2v) is 5.82. The largest absolute Gasteiger partial charge is 0.441 e. The average Bonchev–Trinajstić information content (AvgIpc) is 2.85. The summed E-state index contributed by atoms with van der Waals surface area (Å²) in [5, 5.41) is 0. The molecule has 0 saturated carbocycles. The summed E-state index contributed by atoms with van der Waals surface area (Å²) in [4.78, 5) is 4.58. The van der Waals surface area contributed by atoms with Crippen LogP contribution in [0.2, 0.25) is 0 Å². The molecule has 0 aliphatic heterocycles. The molecule has 94 valence electrons. The van der Waals surface area contributed by atoms with Crippen molar-refractivity contribution in [2.45, 2.75) is 33.6 Å². The molecule has 0 N–H and O–H groups in total. The lowest BCUT2D eigenvalue weighted by Crippen LogP contribution is -2.22. The van der Waals surface area contributed by atoms with Crippen molar-refractivity contribution < 1.29 is 4.42 Å². The molecular weight excluding hydrogens is 222 g/mol. The number of rotatable bonds is 2. The highest BCUT2D eigenvalue weighted by Gasteiger charge is 2.35. The van der Waals surface area contributed by atoms with Gasteiger partial charge in [0.1, 0.15) is 5.52 Å². The number of nitrogens with zero attached hydrogens (tertiary/aromatic N) is 1. The summed E-state index contributed by atoms with van der Waals surface area (Å²) in [7, 11) is 0. The average molecular weight is 241 g/mol. The van der Waals surface area contributed by atoms with Gasteiger partial charge in [0, 0.05) is 6.42 Å². The van der Waals surface area contributed by atoms with Gasteiger partial charge in [-0.2, -0.15) is 0 Å². The molecule has 0 spiro atoms. The summed E-state index contributed by atoms with van der Waals surface area (Å²) >= 11 is 0. The molecule has 0 unspecified atom stereocenters. The first-order chi connectivity index (χ1) is 8.57. The number of para-hydroxylation sites is 2. The van der Waals surface area contributed by atoms with Crippen molar-refractivity contribution in [1.29, 1.82) is 0 Å². The van der Waals surface area contributed by atoms with Crippen molar-refractivity contribution in [3.05, 3.63) is 41.8 Å². The van der Waals surface area contributed by atoms with Crippen LogP contribution in [0.4, 0.5) is 0 Å². The van der Waals surface area contributed by atoms with Crippen LogP contribution in [-0.2, 0) is 6.42 Å². The molecule has 1 atom stereocenters. The highest BCUT2D eigenvalue weighted by Crippen LogP contribution is 2.44. The van der Waals surface area contributed by atoms with Crippen LogP contribution in [0.5, 0.6) is 0 Å². The van der Waals surface area contributed by atoms with E-state index in [9.17, 15) is 0 Å². The lowest BCUT2D eigenvalue weighted by atomic mass is 9.76. The second-order valence-electron chi connectivity index (χ2n) is 5.82. The summed E-state index contributed by atoms with van der Waals surface area (Å²) < 4.78 is 5.82. The Morgan fingerprint density at radius 2 is 2.11 bits per heavy atom. The Morgan fingerprint density at radius 3 is 2.78 bits per heavy atom. The van der Waals surface area contributed by atoms with Crippen molar-refractivity contribution in [3.63, 3.8) is 0 Å². The maximum Gasteiger partial charge on any atom is 0.195 e. The zero-order valence-corrected chi connectivity index (χ0v) is 11.2. The maximum absolute atomic E-state index is 5.82. The van der Waals surface area contributed by atoms with E-state index in [0.717, 1.165) is 29.8 Å². The Bertz CT molecular complexity index is 573. The van der Waals surface area contributed by atoms with E-state index in [1.54, 1.807) is 0 Å². The highest BCUT2D eigenvalue weighted by molar-refractivity contribution is 5.72. The third-order valence-electron chi connectivity index (χ3n) is 4.50. The molecule has 3 rings (SSSR count). The van der Waals surface area contributed by atoms with Gasteiger partial charge >= 0.3 is 0 Å². The number of hydrogen-bond acceptors (Lipinski definition) is 2. The van der Waals surface area contributed by atoms with E-state index < -0.39 is 0 Å². The van der Waals surface area contributed by atoms with Gasteiger partial charge < -0.3 is 4.42 Å². The lowest BCUT2D eigenvalue weighted by Gasteiger charge is -2.28. The van der Waals surface area contributed by atoms with E-state index in [-0.39, 0.29) is 5.41 Å². The summed E-state index contributed by atoms with van der Waals surface area (Å²) in [6.07, 6.45) is 4.42. The van der Waals surface area contributed by atoms with E-state index in [4.69, 9.17) is 4.42 Å². The van der Waals surface area contributed by atoms with Crippen molar-refractivity contribution in [1.82, 2.24) is 4.98 Å². The van der Waals surface area contributed by atoms with E-state index in [1.807, 2.05) is 24.3 Å². The molecule has 0 bridgehead atoms. The minimum Gasteiger partial charge on any atom is -0.441 e. The third-order valence-corrected chi connectivity index (χ3v) is 4.50. The van der Waals surface area contributed by atoms with Crippen molar-refractivity contribution >= 4 is 11.1 Å². The lowest BCUT2D eigenvalue weighted by molar-refractivity contribution is 0.273. The second kappa shape index (κ2) is 3.98. The predicted molar refractivity (Wildman–Crippen MR) is 73.4 cm³/mol. The molecular formula is C16H19NO. The van der Waals surface area contributed by atoms with Gasteiger partial charge in [-0.1, -0.05) is 37.6 Å². The SMILES string of the molecule is CC1=CC[C@@H](Cc2nc3ccccc3o2)C1(C)C.